The number of carbonyl (C=O) groups is 1. The van der Waals surface area contributed by atoms with Crippen LogP contribution in [0.5, 0.6) is 0 Å². The van der Waals surface area contributed by atoms with E-state index < -0.39 is 0 Å². The lowest BCUT2D eigenvalue weighted by atomic mass is 9.88. The molecule has 1 aromatic carbocycles. The van der Waals surface area contributed by atoms with Crippen molar-refractivity contribution in [3.63, 3.8) is 0 Å². The van der Waals surface area contributed by atoms with E-state index in [-0.39, 0.29) is 5.97 Å². The molecule has 2 heteroatoms. The van der Waals surface area contributed by atoms with Crippen molar-refractivity contribution in [2.75, 3.05) is 0 Å². The molecule has 0 radical (unpaired) electrons. The maximum atomic E-state index is 12.1. The lowest BCUT2D eigenvalue weighted by Gasteiger charge is -2.19. The first kappa shape index (κ1) is 11.5. The summed E-state index contributed by atoms with van der Waals surface area (Å²) in [7, 11) is 0. The summed E-state index contributed by atoms with van der Waals surface area (Å²) in [5, 5.41) is 0. The van der Waals surface area contributed by atoms with Gasteiger partial charge in [0.05, 0.1) is 0 Å². The summed E-state index contributed by atoms with van der Waals surface area (Å²) in [5.41, 5.74) is 3.38. The number of carbonyl (C=O) groups excluding carboxylic acids is 1. The molecule has 2 aliphatic carbocycles. The Morgan fingerprint density at radius 3 is 2.78 bits per heavy atom. The first-order valence-corrected chi connectivity index (χ1v) is 6.68. The minimum atomic E-state index is -0.0939. The minimum Gasteiger partial charge on any atom is -0.457 e. The number of hydrogen-bond acceptors (Lipinski definition) is 2. The number of rotatable bonds is 3. The predicted octanol–water partition coefficient (Wildman–Crippen LogP) is 3.48. The van der Waals surface area contributed by atoms with Crippen molar-refractivity contribution in [2.45, 2.75) is 32.8 Å². The maximum Gasteiger partial charge on any atom is 0.334 e. The Labute approximate surface area is 108 Å². The average molecular weight is 242 g/mol. The Morgan fingerprint density at radius 2 is 2.11 bits per heavy atom. The van der Waals surface area contributed by atoms with Gasteiger partial charge in [-0.05, 0) is 36.7 Å². The molecule has 1 saturated carbocycles. The molecule has 1 aromatic rings. The highest BCUT2D eigenvalue weighted by atomic mass is 16.5. The SMILES string of the molecule is CC1C(C(=O)OCc2ccccc2)=C2CCC1C2. The molecule has 0 saturated heterocycles. The number of esters is 1. The Balaban J connectivity index is 1.66. The second-order valence-corrected chi connectivity index (χ2v) is 5.37. The normalized spacial score (nSPS) is 25.6. The van der Waals surface area contributed by atoms with Crippen molar-refractivity contribution in [3.8, 4) is 0 Å². The lowest BCUT2D eigenvalue weighted by Crippen LogP contribution is -2.18. The minimum absolute atomic E-state index is 0.0939. The Morgan fingerprint density at radius 1 is 1.33 bits per heavy atom. The average Bonchev–Trinajstić information content (AvgIpc) is 2.98. The van der Waals surface area contributed by atoms with Gasteiger partial charge in [-0.15, -0.1) is 0 Å². The molecule has 0 N–H and O–H groups in total. The number of fused-ring (bicyclic) bond motifs is 2. The van der Waals surface area contributed by atoms with Crippen LogP contribution >= 0.6 is 0 Å². The lowest BCUT2D eigenvalue weighted by molar-refractivity contribution is -0.141. The van der Waals surface area contributed by atoms with Crippen molar-refractivity contribution in [1.29, 1.82) is 0 Å². The maximum absolute atomic E-state index is 12.1. The zero-order valence-corrected chi connectivity index (χ0v) is 10.7. The quantitative estimate of drug-likeness (QED) is 0.758. The van der Waals surface area contributed by atoms with E-state index in [1.807, 2.05) is 30.3 Å². The highest BCUT2D eigenvalue weighted by Crippen LogP contribution is 2.48. The van der Waals surface area contributed by atoms with Crippen LogP contribution in [0.25, 0.3) is 0 Å². The van der Waals surface area contributed by atoms with Crippen molar-refractivity contribution >= 4 is 5.97 Å². The molecule has 94 valence electrons. The Bertz CT molecular complexity index is 487. The summed E-state index contributed by atoms with van der Waals surface area (Å²) >= 11 is 0. The standard InChI is InChI=1S/C16H18O2/c1-11-13-7-8-14(9-13)15(11)16(17)18-10-12-5-3-2-4-6-12/h2-6,11,13H,7-10H2,1H3. The number of allylic oxidation sites excluding steroid dienone is 1. The van der Waals surface area contributed by atoms with E-state index >= 15 is 0 Å². The van der Waals surface area contributed by atoms with Crippen molar-refractivity contribution < 1.29 is 9.53 Å². The predicted molar refractivity (Wildman–Crippen MR) is 69.8 cm³/mol. The smallest absolute Gasteiger partial charge is 0.334 e. The first-order valence-electron chi connectivity index (χ1n) is 6.68. The molecule has 18 heavy (non-hydrogen) atoms. The van der Waals surface area contributed by atoms with Crippen LogP contribution in [0.3, 0.4) is 0 Å². The first-order chi connectivity index (χ1) is 8.75. The van der Waals surface area contributed by atoms with Crippen LogP contribution in [0, 0.1) is 11.8 Å². The van der Waals surface area contributed by atoms with Crippen molar-refractivity contribution in [1.82, 2.24) is 0 Å². The van der Waals surface area contributed by atoms with Gasteiger partial charge in [0.15, 0.2) is 0 Å². The third-order valence-electron chi connectivity index (χ3n) is 4.30. The van der Waals surface area contributed by atoms with E-state index in [1.54, 1.807) is 0 Å². The number of hydrogen-bond donors (Lipinski definition) is 0. The van der Waals surface area contributed by atoms with Crippen molar-refractivity contribution in [2.24, 2.45) is 11.8 Å². The molecule has 0 spiro atoms. The van der Waals surface area contributed by atoms with Gasteiger partial charge in [-0.3, -0.25) is 0 Å². The van der Waals surface area contributed by atoms with Gasteiger partial charge in [0.25, 0.3) is 0 Å². The highest BCUT2D eigenvalue weighted by molar-refractivity contribution is 5.91. The summed E-state index contributed by atoms with van der Waals surface area (Å²) in [5.74, 6) is 1.000. The molecular formula is C16H18O2. The summed E-state index contributed by atoms with van der Waals surface area (Å²) in [6.07, 6.45) is 3.48. The number of benzene rings is 1. The number of ether oxygens (including phenoxy) is 1. The van der Waals surface area contributed by atoms with Gasteiger partial charge in [0.2, 0.25) is 0 Å². The summed E-state index contributed by atoms with van der Waals surface area (Å²) in [6.45, 7) is 2.55. The largest absolute Gasteiger partial charge is 0.457 e. The molecule has 2 bridgehead atoms. The summed E-state index contributed by atoms with van der Waals surface area (Å²) in [6, 6.07) is 9.86. The third kappa shape index (κ3) is 1.96. The molecule has 2 aliphatic rings. The second-order valence-electron chi connectivity index (χ2n) is 5.37. The topological polar surface area (TPSA) is 26.3 Å². The third-order valence-corrected chi connectivity index (χ3v) is 4.30. The van der Waals surface area contributed by atoms with Crippen LogP contribution < -0.4 is 0 Å². The highest BCUT2D eigenvalue weighted by Gasteiger charge is 2.40. The van der Waals surface area contributed by atoms with Gasteiger partial charge in [-0.1, -0.05) is 42.8 Å². The van der Waals surface area contributed by atoms with E-state index in [0.29, 0.717) is 18.4 Å². The molecule has 0 aliphatic heterocycles. The fourth-order valence-corrected chi connectivity index (χ4v) is 3.24. The molecular weight excluding hydrogens is 224 g/mol. The van der Waals surface area contributed by atoms with Gasteiger partial charge < -0.3 is 4.74 Å². The fraction of sp³-hybridized carbons (Fsp3) is 0.438. The van der Waals surface area contributed by atoms with Gasteiger partial charge in [0, 0.05) is 5.57 Å². The zero-order valence-electron chi connectivity index (χ0n) is 10.7. The fourth-order valence-electron chi connectivity index (χ4n) is 3.24. The van der Waals surface area contributed by atoms with Crippen LogP contribution in [-0.4, -0.2) is 5.97 Å². The van der Waals surface area contributed by atoms with Gasteiger partial charge in [-0.2, -0.15) is 0 Å². The molecule has 0 heterocycles. The molecule has 3 rings (SSSR count). The molecule has 2 nitrogen and oxygen atoms in total. The van der Waals surface area contributed by atoms with E-state index in [0.717, 1.165) is 24.0 Å². The monoisotopic (exact) mass is 242 g/mol. The molecule has 0 amide bonds. The Hall–Kier alpha value is -1.57. The summed E-state index contributed by atoms with van der Waals surface area (Å²) in [4.78, 5) is 12.1. The van der Waals surface area contributed by atoms with E-state index in [4.69, 9.17) is 4.74 Å². The van der Waals surface area contributed by atoms with E-state index in [9.17, 15) is 4.79 Å². The molecule has 2 atom stereocenters. The van der Waals surface area contributed by atoms with Gasteiger partial charge in [-0.25, -0.2) is 4.79 Å². The molecule has 2 unspecified atom stereocenters. The van der Waals surface area contributed by atoms with Gasteiger partial charge >= 0.3 is 5.97 Å². The van der Waals surface area contributed by atoms with Crippen LogP contribution in [0.2, 0.25) is 0 Å². The van der Waals surface area contributed by atoms with E-state index in [2.05, 4.69) is 6.92 Å². The van der Waals surface area contributed by atoms with Crippen LogP contribution in [0.4, 0.5) is 0 Å². The van der Waals surface area contributed by atoms with Crippen LogP contribution in [0.15, 0.2) is 41.5 Å². The molecule has 1 fully saturated rings. The zero-order chi connectivity index (χ0) is 12.5. The summed E-state index contributed by atoms with van der Waals surface area (Å²) < 4.78 is 5.44. The van der Waals surface area contributed by atoms with Crippen LogP contribution in [-0.2, 0) is 16.1 Å². The molecule has 0 aromatic heterocycles. The van der Waals surface area contributed by atoms with Crippen molar-refractivity contribution in [3.05, 3.63) is 47.0 Å². The second kappa shape index (κ2) is 4.60. The van der Waals surface area contributed by atoms with E-state index in [1.165, 1.54) is 12.0 Å². The Kier molecular flexibility index (Phi) is 2.94. The van der Waals surface area contributed by atoms with Gasteiger partial charge in [0.1, 0.15) is 6.61 Å². The van der Waals surface area contributed by atoms with Crippen LogP contribution in [0.1, 0.15) is 31.7 Å².